The zero-order valence-electron chi connectivity index (χ0n) is 20.7. The van der Waals surface area contributed by atoms with E-state index in [1.54, 1.807) is 18.2 Å². The lowest BCUT2D eigenvalue weighted by atomic mass is 9.75. The first kappa shape index (κ1) is 27.0. The van der Waals surface area contributed by atoms with Crippen LogP contribution in [0, 0.1) is 5.41 Å². The Hall–Kier alpha value is -3.01. The topological polar surface area (TPSA) is 83.9 Å². The lowest BCUT2D eigenvalue weighted by Crippen LogP contribution is -2.43. The number of halogens is 3. The van der Waals surface area contributed by atoms with Crippen molar-refractivity contribution in [1.82, 2.24) is 0 Å². The molecule has 0 amide bonds. The van der Waals surface area contributed by atoms with Crippen LogP contribution in [-0.2, 0) is 21.0 Å². The standard InChI is InChI=1S/C27H30F3NO5S/c1-26(2)12-10-18(11-13-26)14-19-6-8-24-23(15-19)31(17-21(36-24)7-9-25(32)33)37(34,35)22-5-3-4-20(16-22)27(28,29)30/h3-6,8,14-16,21H,7,9-13,17H2,1-2H3,(H,32,33). The van der Waals surface area contributed by atoms with Gasteiger partial charge in [-0.05, 0) is 73.4 Å². The highest BCUT2D eigenvalue weighted by molar-refractivity contribution is 7.92. The number of hydrogen-bond donors (Lipinski definition) is 1. The highest BCUT2D eigenvalue weighted by Gasteiger charge is 2.37. The maximum absolute atomic E-state index is 13.7. The first-order valence-electron chi connectivity index (χ1n) is 12.2. The van der Waals surface area contributed by atoms with Crippen molar-refractivity contribution in [2.45, 2.75) is 69.5 Å². The van der Waals surface area contributed by atoms with Gasteiger partial charge in [-0.3, -0.25) is 9.10 Å². The third kappa shape index (κ3) is 6.29. The molecule has 200 valence electrons. The van der Waals surface area contributed by atoms with Crippen LogP contribution in [0.1, 0.15) is 63.5 Å². The predicted octanol–water partition coefficient (Wildman–Crippen LogP) is 6.51. The van der Waals surface area contributed by atoms with Crippen LogP contribution in [0.3, 0.4) is 0 Å². The fraction of sp³-hybridized carbons (Fsp3) is 0.444. The van der Waals surface area contributed by atoms with Crippen LogP contribution in [0.15, 0.2) is 52.9 Å². The Labute approximate surface area is 214 Å². The van der Waals surface area contributed by atoms with Gasteiger partial charge in [0, 0.05) is 6.42 Å². The molecule has 2 aromatic carbocycles. The molecule has 0 saturated heterocycles. The van der Waals surface area contributed by atoms with Gasteiger partial charge in [0.2, 0.25) is 0 Å². The largest absolute Gasteiger partial charge is 0.486 e. The molecule has 1 N–H and O–H groups in total. The molecule has 2 aliphatic rings. The number of carboxylic acid groups (broad SMARTS) is 1. The summed E-state index contributed by atoms with van der Waals surface area (Å²) in [6.07, 6.45) is 0.335. The van der Waals surface area contributed by atoms with Gasteiger partial charge in [0.05, 0.1) is 22.7 Å². The second-order valence-corrected chi connectivity index (χ2v) is 12.3. The average molecular weight is 538 g/mol. The Morgan fingerprint density at radius 1 is 1.16 bits per heavy atom. The third-order valence-electron chi connectivity index (χ3n) is 6.96. The number of fused-ring (bicyclic) bond motifs is 1. The van der Waals surface area contributed by atoms with Crippen molar-refractivity contribution < 1.29 is 36.2 Å². The minimum absolute atomic E-state index is 0.0466. The number of ether oxygens (including phenoxy) is 1. The van der Waals surface area contributed by atoms with Crippen LogP contribution in [0.25, 0.3) is 6.08 Å². The molecule has 0 aromatic heterocycles. The quantitative estimate of drug-likeness (QED) is 0.454. The molecule has 1 heterocycles. The molecule has 1 unspecified atom stereocenters. The van der Waals surface area contributed by atoms with E-state index in [1.807, 2.05) is 6.08 Å². The summed E-state index contributed by atoms with van der Waals surface area (Å²) in [4.78, 5) is 10.6. The Balaban J connectivity index is 1.73. The van der Waals surface area contributed by atoms with Crippen molar-refractivity contribution in [3.8, 4) is 5.75 Å². The number of allylic oxidation sites excluding steroid dienone is 1. The summed E-state index contributed by atoms with van der Waals surface area (Å²) in [5, 5.41) is 9.07. The maximum atomic E-state index is 13.7. The van der Waals surface area contributed by atoms with Crippen molar-refractivity contribution in [3.63, 3.8) is 0 Å². The number of alkyl halides is 3. The number of rotatable bonds is 6. The number of aliphatic carboxylic acids is 1. The highest BCUT2D eigenvalue weighted by Crippen LogP contribution is 2.42. The number of nitrogens with zero attached hydrogens (tertiary/aromatic N) is 1. The molecule has 1 aliphatic heterocycles. The van der Waals surface area contributed by atoms with E-state index < -0.39 is 38.7 Å². The number of carbonyl (C=O) groups is 1. The molecule has 1 aliphatic carbocycles. The van der Waals surface area contributed by atoms with Gasteiger partial charge in [-0.1, -0.05) is 37.6 Å². The molecule has 0 spiro atoms. The minimum Gasteiger partial charge on any atom is -0.486 e. The summed E-state index contributed by atoms with van der Waals surface area (Å²) in [7, 11) is -4.41. The van der Waals surface area contributed by atoms with Crippen molar-refractivity contribution in [1.29, 1.82) is 0 Å². The molecular formula is C27H30F3NO5S. The predicted molar refractivity (Wildman–Crippen MR) is 134 cm³/mol. The molecule has 6 nitrogen and oxygen atoms in total. The second kappa shape index (κ2) is 10.0. The minimum atomic E-state index is -4.70. The van der Waals surface area contributed by atoms with E-state index in [1.165, 1.54) is 5.57 Å². The third-order valence-corrected chi connectivity index (χ3v) is 8.74. The Morgan fingerprint density at radius 2 is 1.86 bits per heavy atom. The SMILES string of the molecule is CC1(C)CCC(=Cc2ccc3c(c2)N(S(=O)(=O)c2cccc(C(F)(F)F)c2)CC(CCC(=O)O)O3)CC1. The molecule has 1 saturated carbocycles. The van der Waals surface area contributed by atoms with Gasteiger partial charge in [-0.25, -0.2) is 8.42 Å². The smallest absolute Gasteiger partial charge is 0.416 e. The molecule has 10 heteroatoms. The zero-order chi connectivity index (χ0) is 27.0. The van der Waals surface area contributed by atoms with E-state index in [2.05, 4.69) is 13.8 Å². The van der Waals surface area contributed by atoms with Gasteiger partial charge in [-0.2, -0.15) is 13.2 Å². The van der Waals surface area contributed by atoms with Crippen LogP contribution in [0.5, 0.6) is 5.75 Å². The summed E-state index contributed by atoms with van der Waals surface area (Å²) in [5.41, 5.74) is 1.45. The van der Waals surface area contributed by atoms with Gasteiger partial charge in [0.1, 0.15) is 11.9 Å². The highest BCUT2D eigenvalue weighted by atomic mass is 32.2. The van der Waals surface area contributed by atoms with Gasteiger partial charge < -0.3 is 9.84 Å². The van der Waals surface area contributed by atoms with Crippen molar-refractivity contribution in [2.24, 2.45) is 5.41 Å². The van der Waals surface area contributed by atoms with Gasteiger partial charge in [0.25, 0.3) is 10.0 Å². The van der Waals surface area contributed by atoms with Crippen molar-refractivity contribution >= 4 is 27.8 Å². The number of sulfonamides is 1. The summed E-state index contributed by atoms with van der Waals surface area (Å²) in [6.45, 7) is 4.25. The van der Waals surface area contributed by atoms with E-state index in [-0.39, 0.29) is 36.2 Å². The summed E-state index contributed by atoms with van der Waals surface area (Å²) in [6, 6.07) is 8.73. The fourth-order valence-electron chi connectivity index (χ4n) is 4.67. The molecule has 1 atom stereocenters. The van der Waals surface area contributed by atoms with Gasteiger partial charge in [-0.15, -0.1) is 0 Å². The molecule has 37 heavy (non-hydrogen) atoms. The number of hydrogen-bond acceptors (Lipinski definition) is 4. The Morgan fingerprint density at radius 3 is 2.51 bits per heavy atom. The van der Waals surface area contributed by atoms with E-state index in [4.69, 9.17) is 9.84 Å². The van der Waals surface area contributed by atoms with Crippen LogP contribution in [-0.4, -0.2) is 32.1 Å². The lowest BCUT2D eigenvalue weighted by molar-refractivity contribution is -0.138. The number of carboxylic acids is 1. The summed E-state index contributed by atoms with van der Waals surface area (Å²) >= 11 is 0. The number of anilines is 1. The van der Waals surface area contributed by atoms with E-state index in [9.17, 15) is 26.4 Å². The molecule has 2 aromatic rings. The molecule has 1 fully saturated rings. The first-order chi connectivity index (χ1) is 17.2. The van der Waals surface area contributed by atoms with Crippen molar-refractivity contribution in [2.75, 3.05) is 10.8 Å². The van der Waals surface area contributed by atoms with E-state index in [0.717, 1.165) is 53.8 Å². The van der Waals surface area contributed by atoms with Crippen molar-refractivity contribution in [3.05, 3.63) is 59.2 Å². The molecule has 0 radical (unpaired) electrons. The zero-order valence-corrected chi connectivity index (χ0v) is 21.5. The van der Waals surface area contributed by atoms with Crippen LogP contribution >= 0.6 is 0 Å². The van der Waals surface area contributed by atoms with Gasteiger partial charge >= 0.3 is 12.1 Å². The Bertz CT molecular complexity index is 1310. The van der Waals surface area contributed by atoms with Crippen LogP contribution in [0.2, 0.25) is 0 Å². The van der Waals surface area contributed by atoms with Crippen LogP contribution < -0.4 is 9.04 Å². The number of benzene rings is 2. The summed E-state index contributed by atoms with van der Waals surface area (Å²) < 4.78 is 74.2. The molecule has 0 bridgehead atoms. The average Bonchev–Trinajstić information content (AvgIpc) is 2.83. The van der Waals surface area contributed by atoms with Gasteiger partial charge in [0.15, 0.2) is 0 Å². The first-order valence-corrected chi connectivity index (χ1v) is 13.6. The molecule has 4 rings (SSSR count). The second-order valence-electron chi connectivity index (χ2n) is 10.4. The van der Waals surface area contributed by atoms with Crippen LogP contribution in [0.4, 0.5) is 18.9 Å². The lowest BCUT2D eigenvalue weighted by Gasteiger charge is -2.36. The fourth-order valence-corrected chi connectivity index (χ4v) is 6.21. The summed E-state index contributed by atoms with van der Waals surface area (Å²) in [5.74, 6) is -0.816. The van der Waals surface area contributed by atoms with E-state index >= 15 is 0 Å². The monoisotopic (exact) mass is 537 g/mol. The normalized spacial score (nSPS) is 19.6. The molecular weight excluding hydrogens is 507 g/mol. The Kier molecular flexibility index (Phi) is 7.34. The maximum Gasteiger partial charge on any atom is 0.416 e. The van der Waals surface area contributed by atoms with E-state index in [0.29, 0.717) is 6.07 Å².